The lowest BCUT2D eigenvalue weighted by atomic mass is 10.0. The monoisotopic (exact) mass is 243 g/mol. The van der Waals surface area contributed by atoms with Gasteiger partial charge in [0, 0.05) is 19.5 Å². The van der Waals surface area contributed by atoms with Crippen LogP contribution in [0, 0.1) is 5.92 Å². The molecule has 4 heteroatoms. The van der Waals surface area contributed by atoms with E-state index in [1.807, 2.05) is 4.90 Å². The van der Waals surface area contributed by atoms with Crippen molar-refractivity contribution in [1.29, 1.82) is 0 Å². The van der Waals surface area contributed by atoms with Crippen LogP contribution in [-0.2, 0) is 9.53 Å². The van der Waals surface area contributed by atoms with Gasteiger partial charge in [-0.25, -0.2) is 0 Å². The molecule has 1 N–H and O–H groups in total. The summed E-state index contributed by atoms with van der Waals surface area (Å²) in [5, 5.41) is 8.67. The number of aliphatic hydroxyl groups excluding tert-OH is 1. The SMILES string of the molecule is CCC(C)CC(=O)N1CCC(OCCO)CC1. The van der Waals surface area contributed by atoms with Crippen LogP contribution in [0.2, 0.25) is 0 Å². The van der Waals surface area contributed by atoms with Gasteiger partial charge in [0.2, 0.25) is 5.91 Å². The van der Waals surface area contributed by atoms with Gasteiger partial charge >= 0.3 is 0 Å². The Kier molecular flexibility index (Phi) is 6.52. The van der Waals surface area contributed by atoms with E-state index in [9.17, 15) is 4.79 Å². The van der Waals surface area contributed by atoms with Crippen LogP contribution in [0.1, 0.15) is 39.5 Å². The zero-order valence-corrected chi connectivity index (χ0v) is 11.0. The van der Waals surface area contributed by atoms with Crippen molar-refractivity contribution in [3.63, 3.8) is 0 Å². The van der Waals surface area contributed by atoms with Gasteiger partial charge in [-0.3, -0.25) is 4.79 Å². The van der Waals surface area contributed by atoms with E-state index in [2.05, 4.69) is 13.8 Å². The number of ether oxygens (including phenoxy) is 1. The molecule has 4 nitrogen and oxygen atoms in total. The molecule has 17 heavy (non-hydrogen) atoms. The van der Waals surface area contributed by atoms with E-state index >= 15 is 0 Å². The van der Waals surface area contributed by atoms with E-state index in [1.54, 1.807) is 0 Å². The van der Waals surface area contributed by atoms with Crippen molar-refractivity contribution < 1.29 is 14.6 Å². The Morgan fingerprint density at radius 3 is 2.65 bits per heavy atom. The summed E-state index contributed by atoms with van der Waals surface area (Å²) >= 11 is 0. The van der Waals surface area contributed by atoms with E-state index in [-0.39, 0.29) is 18.6 Å². The maximum absolute atomic E-state index is 11.9. The first-order chi connectivity index (χ1) is 8.17. The Balaban J connectivity index is 2.24. The Morgan fingerprint density at radius 2 is 2.12 bits per heavy atom. The van der Waals surface area contributed by atoms with Crippen molar-refractivity contribution in [2.24, 2.45) is 5.92 Å². The summed E-state index contributed by atoms with van der Waals surface area (Å²) in [5.41, 5.74) is 0. The van der Waals surface area contributed by atoms with Crippen LogP contribution in [0.15, 0.2) is 0 Å². The van der Waals surface area contributed by atoms with Crippen molar-refractivity contribution in [3.05, 3.63) is 0 Å². The average molecular weight is 243 g/mol. The lowest BCUT2D eigenvalue weighted by Gasteiger charge is -2.32. The largest absolute Gasteiger partial charge is 0.394 e. The van der Waals surface area contributed by atoms with Gasteiger partial charge in [0.05, 0.1) is 19.3 Å². The second kappa shape index (κ2) is 7.67. The van der Waals surface area contributed by atoms with Gasteiger partial charge in [-0.2, -0.15) is 0 Å². The molecule has 1 saturated heterocycles. The Bertz CT molecular complexity index is 225. The second-order valence-electron chi connectivity index (χ2n) is 4.89. The van der Waals surface area contributed by atoms with Gasteiger partial charge in [0.15, 0.2) is 0 Å². The number of hydrogen-bond acceptors (Lipinski definition) is 3. The number of carbonyl (C=O) groups is 1. The van der Waals surface area contributed by atoms with Gasteiger partial charge < -0.3 is 14.7 Å². The van der Waals surface area contributed by atoms with Crippen LogP contribution in [0.5, 0.6) is 0 Å². The third-order valence-corrected chi connectivity index (χ3v) is 3.46. The summed E-state index contributed by atoms with van der Waals surface area (Å²) < 4.78 is 5.47. The zero-order chi connectivity index (χ0) is 12.7. The Morgan fingerprint density at radius 1 is 1.47 bits per heavy atom. The Labute approximate surface area is 104 Å². The van der Waals surface area contributed by atoms with E-state index in [4.69, 9.17) is 9.84 Å². The number of hydrogen-bond donors (Lipinski definition) is 1. The molecule has 0 saturated carbocycles. The van der Waals surface area contributed by atoms with Crippen molar-refractivity contribution in [1.82, 2.24) is 4.90 Å². The predicted molar refractivity (Wildman–Crippen MR) is 66.7 cm³/mol. The van der Waals surface area contributed by atoms with Crippen molar-refractivity contribution >= 4 is 5.91 Å². The number of likely N-dealkylation sites (tertiary alicyclic amines) is 1. The molecule has 1 unspecified atom stereocenters. The third kappa shape index (κ3) is 5.04. The van der Waals surface area contributed by atoms with E-state index in [1.165, 1.54) is 0 Å². The van der Waals surface area contributed by atoms with Gasteiger partial charge in [-0.15, -0.1) is 0 Å². The number of piperidine rings is 1. The van der Waals surface area contributed by atoms with Crippen LogP contribution >= 0.6 is 0 Å². The van der Waals surface area contributed by atoms with E-state index < -0.39 is 0 Å². The molecular formula is C13H25NO3. The summed E-state index contributed by atoms with van der Waals surface area (Å²) in [5.74, 6) is 0.755. The second-order valence-corrected chi connectivity index (χ2v) is 4.89. The molecule has 0 aromatic rings. The van der Waals surface area contributed by atoms with Crippen molar-refractivity contribution in [2.75, 3.05) is 26.3 Å². The molecular weight excluding hydrogens is 218 g/mol. The minimum absolute atomic E-state index is 0.0765. The molecule has 100 valence electrons. The van der Waals surface area contributed by atoms with Crippen LogP contribution in [0.4, 0.5) is 0 Å². The third-order valence-electron chi connectivity index (χ3n) is 3.46. The van der Waals surface area contributed by atoms with Gasteiger partial charge in [-0.05, 0) is 18.8 Å². The number of aliphatic hydroxyl groups is 1. The highest BCUT2D eigenvalue weighted by atomic mass is 16.5. The van der Waals surface area contributed by atoms with Crippen molar-refractivity contribution in [3.8, 4) is 0 Å². The summed E-state index contributed by atoms with van der Waals surface area (Å²) in [7, 11) is 0. The van der Waals surface area contributed by atoms with E-state index in [0.717, 1.165) is 32.4 Å². The number of carbonyl (C=O) groups excluding carboxylic acids is 1. The van der Waals surface area contributed by atoms with E-state index in [0.29, 0.717) is 18.9 Å². The minimum atomic E-state index is 0.0765. The first-order valence-corrected chi connectivity index (χ1v) is 6.67. The predicted octanol–water partition coefficient (Wildman–Crippen LogP) is 1.42. The lowest BCUT2D eigenvalue weighted by Crippen LogP contribution is -2.41. The Hall–Kier alpha value is -0.610. The normalized spacial score (nSPS) is 19.4. The molecule has 1 amide bonds. The zero-order valence-electron chi connectivity index (χ0n) is 11.0. The number of amides is 1. The lowest BCUT2D eigenvalue weighted by molar-refractivity contribution is -0.134. The molecule has 1 atom stereocenters. The number of nitrogens with zero attached hydrogens (tertiary/aromatic N) is 1. The first-order valence-electron chi connectivity index (χ1n) is 6.67. The van der Waals surface area contributed by atoms with Gasteiger partial charge in [0.1, 0.15) is 0 Å². The molecule has 0 radical (unpaired) electrons. The average Bonchev–Trinajstić information content (AvgIpc) is 2.36. The maximum atomic E-state index is 11.9. The highest BCUT2D eigenvalue weighted by Gasteiger charge is 2.23. The fourth-order valence-corrected chi connectivity index (χ4v) is 2.06. The fraction of sp³-hybridized carbons (Fsp3) is 0.923. The summed E-state index contributed by atoms with van der Waals surface area (Å²) in [4.78, 5) is 13.9. The summed E-state index contributed by atoms with van der Waals surface area (Å²) in [6, 6.07) is 0. The standard InChI is InChI=1S/C13H25NO3/c1-3-11(2)10-13(16)14-6-4-12(5-7-14)17-9-8-15/h11-12,15H,3-10H2,1-2H3. The summed E-state index contributed by atoms with van der Waals surface area (Å²) in [6.45, 7) is 6.32. The quantitative estimate of drug-likeness (QED) is 0.767. The highest BCUT2D eigenvalue weighted by Crippen LogP contribution is 2.16. The molecule has 0 bridgehead atoms. The van der Waals surface area contributed by atoms with Crippen LogP contribution < -0.4 is 0 Å². The van der Waals surface area contributed by atoms with Gasteiger partial charge in [0.25, 0.3) is 0 Å². The number of rotatable bonds is 6. The molecule has 1 heterocycles. The molecule has 1 fully saturated rings. The molecule has 1 aliphatic rings. The van der Waals surface area contributed by atoms with Crippen LogP contribution in [-0.4, -0.2) is 48.3 Å². The summed E-state index contributed by atoms with van der Waals surface area (Å²) in [6.07, 6.45) is 3.73. The highest BCUT2D eigenvalue weighted by molar-refractivity contribution is 5.76. The molecule has 1 rings (SSSR count). The fourth-order valence-electron chi connectivity index (χ4n) is 2.06. The maximum Gasteiger partial charge on any atom is 0.222 e. The van der Waals surface area contributed by atoms with Gasteiger partial charge in [-0.1, -0.05) is 20.3 Å². The van der Waals surface area contributed by atoms with Crippen LogP contribution in [0.3, 0.4) is 0 Å². The molecule has 0 aliphatic carbocycles. The molecule has 0 aromatic heterocycles. The van der Waals surface area contributed by atoms with Crippen molar-refractivity contribution in [2.45, 2.75) is 45.6 Å². The first kappa shape index (κ1) is 14.5. The molecule has 1 aliphatic heterocycles. The molecule has 0 spiro atoms. The van der Waals surface area contributed by atoms with Crippen LogP contribution in [0.25, 0.3) is 0 Å². The molecule has 0 aromatic carbocycles. The topological polar surface area (TPSA) is 49.8 Å². The minimum Gasteiger partial charge on any atom is -0.394 e. The smallest absolute Gasteiger partial charge is 0.222 e.